The van der Waals surface area contributed by atoms with E-state index in [2.05, 4.69) is 16.7 Å². The summed E-state index contributed by atoms with van der Waals surface area (Å²) >= 11 is 0. The molecule has 0 N–H and O–H groups in total. The van der Waals surface area contributed by atoms with Crippen molar-refractivity contribution in [2.75, 3.05) is 26.3 Å². The highest BCUT2D eigenvalue weighted by molar-refractivity contribution is 6.07. The van der Waals surface area contributed by atoms with E-state index in [1.165, 1.54) is 5.56 Å². The SMILES string of the molecule is CC(=O)c1cccc(CCCCn2cc(C(=O)N3CCOCC3)c3ccccc32)c1. The highest BCUT2D eigenvalue weighted by Crippen LogP contribution is 2.24. The second-order valence-corrected chi connectivity index (χ2v) is 7.87. The van der Waals surface area contributed by atoms with Gasteiger partial charge in [0.05, 0.1) is 18.8 Å². The number of fused-ring (bicyclic) bond motifs is 1. The molecule has 0 bridgehead atoms. The van der Waals surface area contributed by atoms with Gasteiger partial charge >= 0.3 is 0 Å². The number of nitrogens with zero attached hydrogens (tertiary/aromatic N) is 2. The van der Waals surface area contributed by atoms with Crippen LogP contribution in [0.15, 0.2) is 54.7 Å². The molecule has 2 aromatic carbocycles. The van der Waals surface area contributed by atoms with Crippen molar-refractivity contribution in [1.82, 2.24) is 9.47 Å². The summed E-state index contributed by atoms with van der Waals surface area (Å²) in [7, 11) is 0. The molecule has 1 aliphatic heterocycles. The fourth-order valence-corrected chi connectivity index (χ4v) is 4.10. The summed E-state index contributed by atoms with van der Waals surface area (Å²) < 4.78 is 7.59. The quantitative estimate of drug-likeness (QED) is 0.435. The van der Waals surface area contributed by atoms with E-state index in [9.17, 15) is 9.59 Å². The predicted molar refractivity (Wildman–Crippen MR) is 118 cm³/mol. The molecular weight excluding hydrogens is 376 g/mol. The number of rotatable bonds is 7. The maximum Gasteiger partial charge on any atom is 0.256 e. The summed E-state index contributed by atoms with van der Waals surface area (Å²) in [6, 6.07) is 16.0. The van der Waals surface area contributed by atoms with Crippen LogP contribution in [-0.2, 0) is 17.7 Å². The van der Waals surface area contributed by atoms with E-state index in [0.29, 0.717) is 26.3 Å². The third-order valence-electron chi connectivity index (χ3n) is 5.77. The van der Waals surface area contributed by atoms with Crippen LogP contribution in [0.25, 0.3) is 10.9 Å². The molecule has 0 aliphatic carbocycles. The smallest absolute Gasteiger partial charge is 0.256 e. The van der Waals surface area contributed by atoms with Crippen LogP contribution >= 0.6 is 0 Å². The number of carbonyl (C=O) groups excluding carboxylic acids is 2. The number of aryl methyl sites for hydroxylation is 2. The number of ketones is 1. The molecule has 3 aromatic rings. The molecule has 0 unspecified atom stereocenters. The minimum absolute atomic E-state index is 0.0919. The number of benzene rings is 2. The van der Waals surface area contributed by atoms with Crippen LogP contribution in [0.3, 0.4) is 0 Å². The summed E-state index contributed by atoms with van der Waals surface area (Å²) in [4.78, 5) is 26.5. The fraction of sp³-hybridized carbons (Fsp3) is 0.360. The van der Waals surface area contributed by atoms with E-state index in [1.54, 1.807) is 6.92 Å². The number of amides is 1. The zero-order valence-corrected chi connectivity index (χ0v) is 17.5. The zero-order chi connectivity index (χ0) is 20.9. The Labute approximate surface area is 177 Å². The molecule has 0 spiro atoms. The van der Waals surface area contributed by atoms with Gasteiger partial charge in [-0.15, -0.1) is 0 Å². The van der Waals surface area contributed by atoms with Crippen molar-refractivity contribution in [2.24, 2.45) is 0 Å². The lowest BCUT2D eigenvalue weighted by Gasteiger charge is -2.26. The molecule has 2 heterocycles. The van der Waals surface area contributed by atoms with Gasteiger partial charge in [-0.2, -0.15) is 0 Å². The first-order valence-electron chi connectivity index (χ1n) is 10.7. The third-order valence-corrected chi connectivity index (χ3v) is 5.77. The van der Waals surface area contributed by atoms with Gasteiger partial charge in [-0.05, 0) is 43.9 Å². The first kappa shape index (κ1) is 20.4. The zero-order valence-electron chi connectivity index (χ0n) is 17.5. The summed E-state index contributed by atoms with van der Waals surface area (Å²) in [6.45, 7) is 4.98. The lowest BCUT2D eigenvalue weighted by Crippen LogP contribution is -2.40. The molecule has 1 aromatic heterocycles. The Kier molecular flexibility index (Phi) is 6.29. The van der Waals surface area contributed by atoms with Crippen molar-refractivity contribution in [3.8, 4) is 0 Å². The van der Waals surface area contributed by atoms with Gasteiger partial charge in [0.1, 0.15) is 0 Å². The number of Topliss-reactive ketones (excluding diaryl/α,β-unsaturated/α-hetero) is 1. The Morgan fingerprint density at radius 2 is 1.80 bits per heavy atom. The topological polar surface area (TPSA) is 51.5 Å². The van der Waals surface area contributed by atoms with Crippen molar-refractivity contribution in [3.63, 3.8) is 0 Å². The molecule has 156 valence electrons. The molecule has 30 heavy (non-hydrogen) atoms. The van der Waals surface area contributed by atoms with E-state index < -0.39 is 0 Å². The van der Waals surface area contributed by atoms with Crippen molar-refractivity contribution >= 4 is 22.6 Å². The van der Waals surface area contributed by atoms with E-state index in [0.717, 1.165) is 47.8 Å². The number of carbonyl (C=O) groups is 2. The average molecular weight is 405 g/mol. The van der Waals surface area contributed by atoms with Gasteiger partial charge in [0, 0.05) is 42.3 Å². The first-order valence-corrected chi connectivity index (χ1v) is 10.7. The number of morpholine rings is 1. The van der Waals surface area contributed by atoms with Gasteiger partial charge in [-0.25, -0.2) is 0 Å². The lowest BCUT2D eigenvalue weighted by atomic mass is 10.0. The summed E-state index contributed by atoms with van der Waals surface area (Å²) in [5.74, 6) is 0.197. The molecule has 1 fully saturated rings. The Morgan fingerprint density at radius 3 is 2.60 bits per heavy atom. The second kappa shape index (κ2) is 9.26. The second-order valence-electron chi connectivity index (χ2n) is 7.87. The number of hydrogen-bond donors (Lipinski definition) is 0. The first-order chi connectivity index (χ1) is 14.6. The number of unbranched alkanes of at least 4 members (excludes halogenated alkanes) is 1. The molecule has 1 amide bonds. The molecule has 1 aliphatic rings. The lowest BCUT2D eigenvalue weighted by molar-refractivity contribution is 0.0304. The van der Waals surface area contributed by atoms with E-state index in [-0.39, 0.29) is 11.7 Å². The van der Waals surface area contributed by atoms with Gasteiger partial charge in [0.2, 0.25) is 0 Å². The standard InChI is InChI=1S/C25H28N2O3/c1-19(28)21-9-6-8-20(17-21)7-4-5-12-27-18-23(22-10-2-3-11-24(22)27)25(29)26-13-15-30-16-14-26/h2-3,6,8-11,17-18H,4-5,7,12-16H2,1H3. The fourth-order valence-electron chi connectivity index (χ4n) is 4.10. The summed E-state index contributed by atoms with van der Waals surface area (Å²) in [5.41, 5.74) is 3.85. The summed E-state index contributed by atoms with van der Waals surface area (Å²) in [5, 5.41) is 1.02. The van der Waals surface area contributed by atoms with Crippen LogP contribution < -0.4 is 0 Å². The normalized spacial score (nSPS) is 14.2. The van der Waals surface area contributed by atoms with Gasteiger partial charge in [-0.3, -0.25) is 9.59 Å². The van der Waals surface area contributed by atoms with Crippen molar-refractivity contribution in [3.05, 3.63) is 71.4 Å². The molecule has 5 heteroatoms. The molecule has 0 radical (unpaired) electrons. The highest BCUT2D eigenvalue weighted by atomic mass is 16.5. The highest BCUT2D eigenvalue weighted by Gasteiger charge is 2.22. The average Bonchev–Trinajstić information content (AvgIpc) is 3.16. The van der Waals surface area contributed by atoms with Crippen molar-refractivity contribution in [1.29, 1.82) is 0 Å². The molecule has 0 atom stereocenters. The van der Waals surface area contributed by atoms with Crippen LogP contribution in [0.4, 0.5) is 0 Å². The van der Waals surface area contributed by atoms with Gasteiger partial charge in [0.25, 0.3) is 5.91 Å². The van der Waals surface area contributed by atoms with E-state index in [4.69, 9.17) is 4.74 Å². The van der Waals surface area contributed by atoms with Crippen LogP contribution in [0.1, 0.15) is 46.0 Å². The van der Waals surface area contributed by atoms with Crippen molar-refractivity contribution < 1.29 is 14.3 Å². The molecule has 5 nitrogen and oxygen atoms in total. The Balaban J connectivity index is 1.43. The number of para-hydroxylation sites is 1. The predicted octanol–water partition coefficient (Wildman–Crippen LogP) is 4.34. The number of aromatic nitrogens is 1. The van der Waals surface area contributed by atoms with Crippen LogP contribution in [0.5, 0.6) is 0 Å². The Hall–Kier alpha value is -2.92. The van der Waals surface area contributed by atoms with Crippen LogP contribution in [0, 0.1) is 0 Å². The Bertz CT molecular complexity index is 1050. The van der Waals surface area contributed by atoms with Crippen molar-refractivity contribution in [2.45, 2.75) is 32.7 Å². The van der Waals surface area contributed by atoms with Crippen LogP contribution in [-0.4, -0.2) is 47.5 Å². The third kappa shape index (κ3) is 4.46. The minimum atomic E-state index is 0.0919. The van der Waals surface area contributed by atoms with Gasteiger partial charge < -0.3 is 14.2 Å². The monoisotopic (exact) mass is 404 g/mol. The van der Waals surface area contributed by atoms with Gasteiger partial charge in [0.15, 0.2) is 5.78 Å². The molecular formula is C25H28N2O3. The largest absolute Gasteiger partial charge is 0.378 e. The molecule has 4 rings (SSSR count). The molecule has 0 saturated carbocycles. The van der Waals surface area contributed by atoms with Gasteiger partial charge in [-0.1, -0.05) is 36.4 Å². The number of hydrogen-bond acceptors (Lipinski definition) is 3. The number of ether oxygens (including phenoxy) is 1. The van der Waals surface area contributed by atoms with E-state index in [1.807, 2.05) is 47.5 Å². The van der Waals surface area contributed by atoms with E-state index >= 15 is 0 Å². The van der Waals surface area contributed by atoms with Crippen LogP contribution in [0.2, 0.25) is 0 Å². The maximum absolute atomic E-state index is 13.1. The maximum atomic E-state index is 13.1. The Morgan fingerprint density at radius 1 is 1.00 bits per heavy atom. The minimum Gasteiger partial charge on any atom is -0.378 e. The summed E-state index contributed by atoms with van der Waals surface area (Å²) in [6.07, 6.45) is 4.99. The molecule has 1 saturated heterocycles.